The van der Waals surface area contributed by atoms with E-state index in [0.29, 0.717) is 11.3 Å². The summed E-state index contributed by atoms with van der Waals surface area (Å²) >= 11 is 1.98. The van der Waals surface area contributed by atoms with E-state index in [1.165, 1.54) is 35.3 Å². The Morgan fingerprint density at radius 3 is 2.81 bits per heavy atom. The zero-order valence-corrected chi connectivity index (χ0v) is 13.8. The van der Waals surface area contributed by atoms with Crippen LogP contribution >= 0.6 is 11.8 Å². The topological polar surface area (TPSA) is 35.8 Å². The van der Waals surface area contributed by atoms with Gasteiger partial charge in [0.1, 0.15) is 5.54 Å². The SMILES string of the molecule is Cc1ccc(C)c(SC2CCCC(C#N)(NC3CC3)C2)c1. The zero-order valence-electron chi connectivity index (χ0n) is 13.0. The summed E-state index contributed by atoms with van der Waals surface area (Å²) in [4.78, 5) is 1.39. The number of hydrogen-bond acceptors (Lipinski definition) is 3. The minimum atomic E-state index is -0.269. The normalized spacial score (nSPS) is 29.1. The molecule has 2 saturated carbocycles. The second-order valence-corrected chi connectivity index (χ2v) is 8.06. The lowest BCUT2D eigenvalue weighted by molar-refractivity contribution is 0.301. The molecule has 1 aromatic rings. The van der Waals surface area contributed by atoms with Gasteiger partial charge in [0.15, 0.2) is 0 Å². The van der Waals surface area contributed by atoms with Gasteiger partial charge in [-0.1, -0.05) is 17.7 Å². The molecular weight excluding hydrogens is 276 g/mol. The van der Waals surface area contributed by atoms with Crippen LogP contribution in [0, 0.1) is 25.2 Å². The average Bonchev–Trinajstić information content (AvgIpc) is 3.27. The minimum Gasteiger partial charge on any atom is -0.297 e. The summed E-state index contributed by atoms with van der Waals surface area (Å²) in [5, 5.41) is 13.9. The highest BCUT2D eigenvalue weighted by atomic mass is 32.2. The molecular formula is C18H24N2S. The smallest absolute Gasteiger partial charge is 0.108 e. The largest absolute Gasteiger partial charge is 0.297 e. The third kappa shape index (κ3) is 3.62. The monoisotopic (exact) mass is 300 g/mol. The molecule has 0 amide bonds. The quantitative estimate of drug-likeness (QED) is 0.898. The van der Waals surface area contributed by atoms with Gasteiger partial charge in [0.25, 0.3) is 0 Å². The van der Waals surface area contributed by atoms with Crippen molar-refractivity contribution in [2.75, 3.05) is 0 Å². The molecule has 0 saturated heterocycles. The number of nitriles is 1. The number of nitrogens with zero attached hydrogens (tertiary/aromatic N) is 1. The third-order valence-corrected chi connectivity index (χ3v) is 6.04. The molecule has 0 heterocycles. The first-order valence-electron chi connectivity index (χ1n) is 8.03. The van der Waals surface area contributed by atoms with Crippen LogP contribution in [0.4, 0.5) is 0 Å². The Kier molecular flexibility index (Phi) is 4.28. The molecule has 1 N–H and O–H groups in total. The summed E-state index contributed by atoms with van der Waals surface area (Å²) in [6.45, 7) is 4.34. The molecule has 0 radical (unpaired) electrons. The summed E-state index contributed by atoms with van der Waals surface area (Å²) in [6, 6.07) is 9.88. The van der Waals surface area contributed by atoms with E-state index in [1.807, 2.05) is 11.8 Å². The molecule has 0 bridgehead atoms. The molecule has 2 aliphatic rings. The average molecular weight is 300 g/mol. The first kappa shape index (κ1) is 14.9. The van der Waals surface area contributed by atoms with E-state index in [1.54, 1.807) is 0 Å². The molecule has 2 aliphatic carbocycles. The fraction of sp³-hybridized carbons (Fsp3) is 0.611. The Morgan fingerprint density at radius 1 is 1.29 bits per heavy atom. The van der Waals surface area contributed by atoms with E-state index in [4.69, 9.17) is 0 Å². The molecule has 2 nitrogen and oxygen atoms in total. The van der Waals surface area contributed by atoms with E-state index in [2.05, 4.69) is 43.4 Å². The molecule has 0 aliphatic heterocycles. The lowest BCUT2D eigenvalue weighted by Gasteiger charge is -2.36. The highest BCUT2D eigenvalue weighted by Gasteiger charge is 2.40. The van der Waals surface area contributed by atoms with Crippen LogP contribution in [0.25, 0.3) is 0 Å². The van der Waals surface area contributed by atoms with Crippen LogP contribution in [-0.4, -0.2) is 16.8 Å². The summed E-state index contributed by atoms with van der Waals surface area (Å²) in [7, 11) is 0. The van der Waals surface area contributed by atoms with Crippen molar-refractivity contribution >= 4 is 11.8 Å². The fourth-order valence-electron chi connectivity index (χ4n) is 3.22. The summed E-state index contributed by atoms with van der Waals surface area (Å²) in [5.74, 6) is 0. The van der Waals surface area contributed by atoms with Gasteiger partial charge in [-0.3, -0.25) is 5.32 Å². The van der Waals surface area contributed by atoms with Gasteiger partial charge in [0, 0.05) is 16.2 Å². The molecule has 2 atom stereocenters. The molecule has 21 heavy (non-hydrogen) atoms. The predicted molar refractivity (Wildman–Crippen MR) is 88.5 cm³/mol. The van der Waals surface area contributed by atoms with Crippen LogP contribution in [0.3, 0.4) is 0 Å². The van der Waals surface area contributed by atoms with Crippen molar-refractivity contribution in [1.29, 1.82) is 5.26 Å². The first-order valence-corrected chi connectivity index (χ1v) is 8.91. The second kappa shape index (κ2) is 6.02. The summed E-state index contributed by atoms with van der Waals surface area (Å²) in [6.07, 6.45) is 6.89. The Hall–Kier alpha value is -0.980. The number of aryl methyl sites for hydroxylation is 2. The lowest BCUT2D eigenvalue weighted by atomic mass is 9.82. The van der Waals surface area contributed by atoms with Gasteiger partial charge in [-0.2, -0.15) is 5.26 Å². The number of hydrogen-bond donors (Lipinski definition) is 1. The van der Waals surface area contributed by atoms with E-state index < -0.39 is 0 Å². The Morgan fingerprint density at radius 2 is 2.10 bits per heavy atom. The van der Waals surface area contributed by atoms with Crippen molar-refractivity contribution in [3.8, 4) is 6.07 Å². The number of nitrogens with one attached hydrogen (secondary N) is 1. The van der Waals surface area contributed by atoms with E-state index in [-0.39, 0.29) is 5.54 Å². The van der Waals surface area contributed by atoms with Crippen molar-refractivity contribution < 1.29 is 0 Å². The van der Waals surface area contributed by atoms with Gasteiger partial charge in [0.2, 0.25) is 0 Å². The van der Waals surface area contributed by atoms with Gasteiger partial charge in [0.05, 0.1) is 6.07 Å². The van der Waals surface area contributed by atoms with Crippen LogP contribution in [0.5, 0.6) is 0 Å². The van der Waals surface area contributed by atoms with E-state index in [9.17, 15) is 5.26 Å². The Balaban J connectivity index is 1.70. The second-order valence-electron chi connectivity index (χ2n) is 6.72. The molecule has 3 heteroatoms. The van der Waals surface area contributed by atoms with E-state index in [0.717, 1.165) is 19.3 Å². The molecule has 0 aromatic heterocycles. The van der Waals surface area contributed by atoms with Gasteiger partial charge in [-0.15, -0.1) is 11.8 Å². The summed E-state index contributed by atoms with van der Waals surface area (Å²) in [5.41, 5.74) is 2.41. The van der Waals surface area contributed by atoms with Crippen LogP contribution in [0.15, 0.2) is 23.1 Å². The summed E-state index contributed by atoms with van der Waals surface area (Å²) < 4.78 is 0. The van der Waals surface area contributed by atoms with E-state index >= 15 is 0 Å². The van der Waals surface area contributed by atoms with Crippen LogP contribution in [-0.2, 0) is 0 Å². The number of rotatable bonds is 4. The van der Waals surface area contributed by atoms with Gasteiger partial charge in [-0.05, 0) is 64.0 Å². The number of benzene rings is 1. The molecule has 0 spiro atoms. The fourth-order valence-corrected chi connectivity index (χ4v) is 4.74. The molecule has 2 fully saturated rings. The Labute approximate surface area is 132 Å². The van der Waals surface area contributed by atoms with Gasteiger partial charge >= 0.3 is 0 Å². The predicted octanol–water partition coefficient (Wildman–Crippen LogP) is 4.35. The molecule has 2 unspecified atom stereocenters. The van der Waals surface area contributed by atoms with Gasteiger partial charge < -0.3 is 0 Å². The lowest BCUT2D eigenvalue weighted by Crippen LogP contribution is -2.49. The highest BCUT2D eigenvalue weighted by molar-refractivity contribution is 8.00. The maximum Gasteiger partial charge on any atom is 0.108 e. The molecule has 1 aromatic carbocycles. The minimum absolute atomic E-state index is 0.269. The van der Waals surface area contributed by atoms with Gasteiger partial charge in [-0.25, -0.2) is 0 Å². The molecule has 112 valence electrons. The van der Waals surface area contributed by atoms with Crippen LogP contribution < -0.4 is 5.32 Å². The Bertz CT molecular complexity index is 559. The maximum absolute atomic E-state index is 9.68. The standard InChI is InChI=1S/C18H24N2S/c1-13-5-6-14(2)17(10-13)21-16-4-3-9-18(11-16,12-19)20-15-7-8-15/h5-6,10,15-16,20H,3-4,7-9,11H2,1-2H3. The van der Waals surface area contributed by atoms with Crippen molar-refractivity contribution in [2.45, 2.75) is 74.1 Å². The van der Waals surface area contributed by atoms with Crippen molar-refractivity contribution in [2.24, 2.45) is 0 Å². The van der Waals surface area contributed by atoms with Crippen LogP contribution in [0.1, 0.15) is 49.7 Å². The highest BCUT2D eigenvalue weighted by Crippen LogP contribution is 2.40. The van der Waals surface area contributed by atoms with Crippen molar-refractivity contribution in [1.82, 2.24) is 5.32 Å². The van der Waals surface area contributed by atoms with Crippen LogP contribution in [0.2, 0.25) is 0 Å². The third-order valence-electron chi connectivity index (χ3n) is 4.61. The molecule has 3 rings (SSSR count). The first-order chi connectivity index (χ1) is 10.1. The van der Waals surface area contributed by atoms with Crippen molar-refractivity contribution in [3.63, 3.8) is 0 Å². The zero-order chi connectivity index (χ0) is 14.9. The maximum atomic E-state index is 9.68. The van der Waals surface area contributed by atoms with Crippen molar-refractivity contribution in [3.05, 3.63) is 29.3 Å². The number of thioether (sulfide) groups is 1.